The van der Waals surface area contributed by atoms with E-state index in [2.05, 4.69) is 11.8 Å². The molecule has 0 unspecified atom stereocenters. The molecule has 0 radical (unpaired) electrons. The van der Waals surface area contributed by atoms with Crippen molar-refractivity contribution in [3.8, 4) is 0 Å². The number of carbonyl (C=O) groups excluding carboxylic acids is 1. The third-order valence-corrected chi connectivity index (χ3v) is 2.22. The van der Waals surface area contributed by atoms with Gasteiger partial charge in [-0.05, 0) is 40.4 Å². The molecule has 14 heavy (non-hydrogen) atoms. The van der Waals surface area contributed by atoms with Gasteiger partial charge in [0.1, 0.15) is 0 Å². The minimum Gasteiger partial charge on any atom is -0.343 e. The van der Waals surface area contributed by atoms with Gasteiger partial charge in [-0.15, -0.1) is 0 Å². The molecule has 3 nitrogen and oxygen atoms in total. The molecule has 0 atom stereocenters. The van der Waals surface area contributed by atoms with Crippen molar-refractivity contribution in [3.63, 3.8) is 0 Å². The molecule has 0 bridgehead atoms. The fraction of sp³-hybridized carbons (Fsp3) is 0.909. The Morgan fingerprint density at radius 1 is 1.14 bits per heavy atom. The Hall–Kier alpha value is -0.570. The van der Waals surface area contributed by atoms with E-state index in [-0.39, 0.29) is 0 Å². The van der Waals surface area contributed by atoms with E-state index in [0.29, 0.717) is 12.3 Å². The van der Waals surface area contributed by atoms with Crippen LogP contribution in [0.5, 0.6) is 0 Å². The number of carbonyl (C=O) groups is 1. The van der Waals surface area contributed by atoms with E-state index in [9.17, 15) is 4.79 Å². The predicted molar refractivity (Wildman–Crippen MR) is 60.3 cm³/mol. The molecule has 0 aromatic rings. The monoisotopic (exact) mass is 200 g/mol. The summed E-state index contributed by atoms with van der Waals surface area (Å²) in [6, 6.07) is 0. The van der Waals surface area contributed by atoms with E-state index in [4.69, 9.17) is 0 Å². The lowest BCUT2D eigenvalue weighted by atomic mass is 10.2. The zero-order valence-electron chi connectivity index (χ0n) is 10.0. The smallest absolute Gasteiger partial charge is 0.222 e. The van der Waals surface area contributed by atoms with E-state index in [1.807, 2.05) is 25.9 Å². The van der Waals surface area contributed by atoms with Crippen LogP contribution in [-0.4, -0.2) is 49.4 Å². The summed E-state index contributed by atoms with van der Waals surface area (Å²) in [5, 5.41) is 0. The third kappa shape index (κ3) is 5.97. The van der Waals surface area contributed by atoms with Gasteiger partial charge in [-0.2, -0.15) is 0 Å². The summed E-state index contributed by atoms with van der Waals surface area (Å²) in [4.78, 5) is 15.7. The minimum atomic E-state index is 0.302. The topological polar surface area (TPSA) is 23.6 Å². The molecule has 1 amide bonds. The zero-order chi connectivity index (χ0) is 11.0. The highest BCUT2D eigenvalue weighted by Gasteiger charge is 2.09. The average molecular weight is 200 g/mol. The summed E-state index contributed by atoms with van der Waals surface area (Å²) in [5.74, 6) is 0.302. The van der Waals surface area contributed by atoms with Crippen LogP contribution in [0.2, 0.25) is 0 Å². The maximum Gasteiger partial charge on any atom is 0.222 e. The molecule has 0 heterocycles. The molecule has 0 aliphatic rings. The normalized spacial score (nSPS) is 10.6. The van der Waals surface area contributed by atoms with E-state index >= 15 is 0 Å². The van der Waals surface area contributed by atoms with Crippen LogP contribution in [0.4, 0.5) is 0 Å². The van der Waals surface area contributed by atoms with Gasteiger partial charge < -0.3 is 9.80 Å². The van der Waals surface area contributed by atoms with Crippen LogP contribution >= 0.6 is 0 Å². The van der Waals surface area contributed by atoms with Crippen molar-refractivity contribution in [2.75, 3.05) is 33.7 Å². The summed E-state index contributed by atoms with van der Waals surface area (Å²) < 4.78 is 0. The van der Waals surface area contributed by atoms with Gasteiger partial charge >= 0.3 is 0 Å². The second-order valence-electron chi connectivity index (χ2n) is 3.88. The fourth-order valence-electron chi connectivity index (χ4n) is 1.43. The van der Waals surface area contributed by atoms with Crippen molar-refractivity contribution in [2.45, 2.75) is 33.1 Å². The molecule has 0 aliphatic heterocycles. The van der Waals surface area contributed by atoms with Gasteiger partial charge in [-0.1, -0.05) is 6.92 Å². The Balaban J connectivity index is 3.69. The quantitative estimate of drug-likeness (QED) is 0.623. The van der Waals surface area contributed by atoms with Crippen LogP contribution < -0.4 is 0 Å². The Labute approximate surface area is 88.1 Å². The molecular formula is C11H24N2O. The van der Waals surface area contributed by atoms with E-state index in [0.717, 1.165) is 32.5 Å². The van der Waals surface area contributed by atoms with Crippen LogP contribution in [0.3, 0.4) is 0 Å². The average Bonchev–Trinajstić information content (AvgIpc) is 2.13. The van der Waals surface area contributed by atoms with Gasteiger partial charge in [-0.25, -0.2) is 0 Å². The van der Waals surface area contributed by atoms with E-state index in [1.54, 1.807) is 0 Å². The van der Waals surface area contributed by atoms with Gasteiger partial charge in [0, 0.05) is 19.5 Å². The molecule has 0 saturated carbocycles. The Kier molecular flexibility index (Phi) is 7.48. The molecule has 0 N–H and O–H groups in total. The predicted octanol–water partition coefficient (Wildman–Crippen LogP) is 1.59. The number of rotatable bonds is 7. The summed E-state index contributed by atoms with van der Waals surface area (Å²) >= 11 is 0. The van der Waals surface area contributed by atoms with E-state index in [1.165, 1.54) is 0 Å². The zero-order valence-corrected chi connectivity index (χ0v) is 10.0. The van der Waals surface area contributed by atoms with Crippen molar-refractivity contribution in [1.29, 1.82) is 0 Å². The fourth-order valence-corrected chi connectivity index (χ4v) is 1.43. The van der Waals surface area contributed by atoms with Crippen molar-refractivity contribution in [1.82, 2.24) is 9.80 Å². The van der Waals surface area contributed by atoms with Gasteiger partial charge in [0.25, 0.3) is 0 Å². The standard InChI is InChI=1S/C11H24N2O/c1-5-9-13(6-2)11(14)8-7-10-12(3)4/h5-10H2,1-4H3. The molecule has 0 saturated heterocycles. The molecule has 0 fully saturated rings. The van der Waals surface area contributed by atoms with Gasteiger partial charge in [0.2, 0.25) is 5.91 Å². The Bertz CT molecular complexity index is 157. The summed E-state index contributed by atoms with van der Waals surface area (Å²) in [7, 11) is 4.07. The van der Waals surface area contributed by atoms with Crippen molar-refractivity contribution in [3.05, 3.63) is 0 Å². The first-order valence-corrected chi connectivity index (χ1v) is 5.54. The number of hydrogen-bond acceptors (Lipinski definition) is 2. The molecule has 0 aliphatic carbocycles. The van der Waals surface area contributed by atoms with Gasteiger partial charge in [0.05, 0.1) is 0 Å². The summed E-state index contributed by atoms with van der Waals surface area (Å²) in [6.07, 6.45) is 2.70. The molecule has 0 aromatic heterocycles. The number of amides is 1. The SMILES string of the molecule is CCCN(CC)C(=O)CCCN(C)C. The van der Waals surface area contributed by atoms with Crippen molar-refractivity contribution >= 4 is 5.91 Å². The Morgan fingerprint density at radius 3 is 2.21 bits per heavy atom. The van der Waals surface area contributed by atoms with Crippen LogP contribution in [-0.2, 0) is 4.79 Å². The van der Waals surface area contributed by atoms with Crippen molar-refractivity contribution in [2.24, 2.45) is 0 Å². The number of hydrogen-bond donors (Lipinski definition) is 0. The lowest BCUT2D eigenvalue weighted by Crippen LogP contribution is -2.31. The molecule has 0 rings (SSSR count). The second kappa shape index (κ2) is 7.80. The maximum absolute atomic E-state index is 11.7. The second-order valence-corrected chi connectivity index (χ2v) is 3.88. The van der Waals surface area contributed by atoms with Gasteiger partial charge in [0.15, 0.2) is 0 Å². The molecule has 0 spiro atoms. The lowest BCUT2D eigenvalue weighted by molar-refractivity contribution is -0.131. The molecule has 3 heteroatoms. The first-order valence-electron chi connectivity index (χ1n) is 5.54. The van der Waals surface area contributed by atoms with Gasteiger partial charge in [-0.3, -0.25) is 4.79 Å². The highest BCUT2D eigenvalue weighted by Crippen LogP contribution is 1.99. The Morgan fingerprint density at radius 2 is 1.79 bits per heavy atom. The largest absolute Gasteiger partial charge is 0.343 e. The van der Waals surface area contributed by atoms with E-state index < -0.39 is 0 Å². The van der Waals surface area contributed by atoms with Crippen LogP contribution in [0.1, 0.15) is 33.1 Å². The van der Waals surface area contributed by atoms with Crippen LogP contribution in [0.25, 0.3) is 0 Å². The number of nitrogens with zero attached hydrogens (tertiary/aromatic N) is 2. The highest BCUT2D eigenvalue weighted by atomic mass is 16.2. The summed E-state index contributed by atoms with van der Waals surface area (Å²) in [5.41, 5.74) is 0. The molecular weight excluding hydrogens is 176 g/mol. The molecule has 84 valence electrons. The minimum absolute atomic E-state index is 0.302. The first-order chi connectivity index (χ1) is 6.61. The maximum atomic E-state index is 11.7. The van der Waals surface area contributed by atoms with Crippen LogP contribution in [0.15, 0.2) is 0 Å². The first kappa shape index (κ1) is 13.4. The van der Waals surface area contributed by atoms with Crippen molar-refractivity contribution < 1.29 is 4.79 Å². The lowest BCUT2D eigenvalue weighted by Gasteiger charge is -2.20. The highest BCUT2D eigenvalue weighted by molar-refractivity contribution is 5.76. The van der Waals surface area contributed by atoms with Crippen LogP contribution in [0, 0.1) is 0 Å². The third-order valence-electron chi connectivity index (χ3n) is 2.22. The summed E-state index contributed by atoms with van der Waals surface area (Å²) in [6.45, 7) is 6.89. The molecule has 0 aromatic carbocycles.